The Morgan fingerprint density at radius 1 is 1.30 bits per heavy atom. The highest BCUT2D eigenvalue weighted by Crippen LogP contribution is 2.22. The van der Waals surface area contributed by atoms with Crippen molar-refractivity contribution < 1.29 is 0 Å². The number of rotatable bonds is 3. The number of hydrogen-bond donors (Lipinski definition) is 1. The SMILES string of the molecule is Cn1cc(CNc2cccc3ncccc23)cc1C#N. The van der Waals surface area contributed by atoms with Crippen LogP contribution in [0.15, 0.2) is 48.8 Å². The number of hydrogen-bond acceptors (Lipinski definition) is 3. The molecule has 4 heteroatoms. The molecule has 0 amide bonds. The van der Waals surface area contributed by atoms with Crippen molar-refractivity contribution in [2.45, 2.75) is 6.54 Å². The third-order valence-corrected chi connectivity index (χ3v) is 3.30. The standard InChI is InChI=1S/C16H14N4/c1-20-11-12(8-13(20)9-17)10-19-16-6-2-5-15-14(16)4-3-7-18-15/h2-8,11,19H,10H2,1H3. The van der Waals surface area contributed by atoms with Crippen molar-refractivity contribution in [3.63, 3.8) is 0 Å². The average molecular weight is 262 g/mol. The van der Waals surface area contributed by atoms with Crippen LogP contribution < -0.4 is 5.32 Å². The molecule has 2 aromatic heterocycles. The second kappa shape index (κ2) is 5.06. The number of nitrogens with one attached hydrogen (secondary N) is 1. The molecule has 0 fully saturated rings. The minimum atomic E-state index is 0.668. The van der Waals surface area contributed by atoms with Gasteiger partial charge in [0.1, 0.15) is 11.8 Å². The van der Waals surface area contributed by atoms with E-state index in [4.69, 9.17) is 5.26 Å². The van der Waals surface area contributed by atoms with Crippen LogP contribution in [-0.4, -0.2) is 9.55 Å². The van der Waals surface area contributed by atoms with Gasteiger partial charge in [0, 0.05) is 37.1 Å². The summed E-state index contributed by atoms with van der Waals surface area (Å²) >= 11 is 0. The minimum absolute atomic E-state index is 0.668. The Labute approximate surface area is 117 Å². The summed E-state index contributed by atoms with van der Waals surface area (Å²) in [5.41, 5.74) is 3.78. The fourth-order valence-electron chi connectivity index (χ4n) is 2.30. The number of benzene rings is 1. The van der Waals surface area contributed by atoms with Crippen LogP contribution >= 0.6 is 0 Å². The minimum Gasteiger partial charge on any atom is -0.380 e. The average Bonchev–Trinajstić information content (AvgIpc) is 2.85. The lowest BCUT2D eigenvalue weighted by atomic mass is 10.2. The second-order valence-electron chi connectivity index (χ2n) is 4.69. The zero-order valence-corrected chi connectivity index (χ0v) is 11.2. The molecular weight excluding hydrogens is 248 g/mol. The van der Waals surface area contributed by atoms with Crippen LogP contribution in [0.1, 0.15) is 11.3 Å². The van der Waals surface area contributed by atoms with Gasteiger partial charge >= 0.3 is 0 Å². The van der Waals surface area contributed by atoms with E-state index in [-0.39, 0.29) is 0 Å². The molecule has 20 heavy (non-hydrogen) atoms. The van der Waals surface area contributed by atoms with Crippen molar-refractivity contribution in [1.82, 2.24) is 9.55 Å². The number of nitriles is 1. The zero-order valence-electron chi connectivity index (χ0n) is 11.2. The van der Waals surface area contributed by atoms with Gasteiger partial charge in [0.15, 0.2) is 0 Å². The molecule has 3 aromatic rings. The lowest BCUT2D eigenvalue weighted by molar-refractivity contribution is 0.902. The monoisotopic (exact) mass is 262 g/mol. The van der Waals surface area contributed by atoms with Crippen molar-refractivity contribution in [2.75, 3.05) is 5.32 Å². The summed E-state index contributed by atoms with van der Waals surface area (Å²) in [5.74, 6) is 0. The summed E-state index contributed by atoms with van der Waals surface area (Å²) in [6.07, 6.45) is 3.76. The molecule has 1 N–H and O–H groups in total. The van der Waals surface area contributed by atoms with Crippen molar-refractivity contribution in [3.05, 3.63) is 60.0 Å². The molecule has 4 nitrogen and oxygen atoms in total. The maximum absolute atomic E-state index is 8.96. The summed E-state index contributed by atoms with van der Waals surface area (Å²) in [6, 6.07) is 14.1. The number of fused-ring (bicyclic) bond motifs is 1. The van der Waals surface area contributed by atoms with E-state index in [1.54, 1.807) is 6.20 Å². The topological polar surface area (TPSA) is 53.6 Å². The lowest BCUT2D eigenvalue weighted by Crippen LogP contribution is -1.99. The van der Waals surface area contributed by atoms with Gasteiger partial charge in [0.2, 0.25) is 0 Å². The third-order valence-electron chi connectivity index (χ3n) is 3.30. The smallest absolute Gasteiger partial charge is 0.120 e. The van der Waals surface area contributed by atoms with E-state index in [2.05, 4.69) is 22.4 Å². The predicted molar refractivity (Wildman–Crippen MR) is 79.2 cm³/mol. The first-order chi connectivity index (χ1) is 9.78. The number of pyridine rings is 1. The molecule has 0 unspecified atom stereocenters. The first-order valence-corrected chi connectivity index (χ1v) is 6.41. The molecule has 2 heterocycles. The fourth-order valence-corrected chi connectivity index (χ4v) is 2.30. The number of aryl methyl sites for hydroxylation is 1. The van der Waals surface area contributed by atoms with Crippen molar-refractivity contribution in [1.29, 1.82) is 5.26 Å². The number of nitrogens with zero attached hydrogens (tertiary/aromatic N) is 3. The molecule has 0 aliphatic rings. The molecule has 0 radical (unpaired) electrons. The van der Waals surface area contributed by atoms with Crippen LogP contribution in [0.25, 0.3) is 10.9 Å². The van der Waals surface area contributed by atoms with Crippen molar-refractivity contribution in [2.24, 2.45) is 7.05 Å². The Morgan fingerprint density at radius 2 is 2.20 bits per heavy atom. The molecule has 0 atom stereocenters. The van der Waals surface area contributed by atoms with Gasteiger partial charge in [-0.25, -0.2) is 0 Å². The summed E-state index contributed by atoms with van der Waals surface area (Å²) in [7, 11) is 1.88. The highest BCUT2D eigenvalue weighted by molar-refractivity contribution is 5.91. The van der Waals surface area contributed by atoms with E-state index in [0.717, 1.165) is 22.2 Å². The molecule has 0 bridgehead atoms. The van der Waals surface area contributed by atoms with E-state index in [0.29, 0.717) is 12.2 Å². The first kappa shape index (κ1) is 12.2. The molecule has 3 rings (SSSR count). The maximum Gasteiger partial charge on any atom is 0.120 e. The molecule has 0 spiro atoms. The summed E-state index contributed by atoms with van der Waals surface area (Å²) < 4.78 is 1.83. The van der Waals surface area contributed by atoms with Gasteiger partial charge in [-0.3, -0.25) is 4.98 Å². The normalized spacial score (nSPS) is 10.4. The quantitative estimate of drug-likeness (QED) is 0.789. The van der Waals surface area contributed by atoms with Crippen LogP contribution in [0.4, 0.5) is 5.69 Å². The predicted octanol–water partition coefficient (Wildman–Crippen LogP) is 3.06. The van der Waals surface area contributed by atoms with E-state index in [1.165, 1.54) is 0 Å². The van der Waals surface area contributed by atoms with Crippen LogP contribution in [0.5, 0.6) is 0 Å². The Bertz CT molecular complexity index is 790. The number of aromatic nitrogens is 2. The van der Waals surface area contributed by atoms with Crippen LogP contribution in [0, 0.1) is 11.3 Å². The summed E-state index contributed by atoms with van der Waals surface area (Å²) in [6.45, 7) is 0.684. The van der Waals surface area contributed by atoms with Gasteiger partial charge < -0.3 is 9.88 Å². The molecule has 0 saturated heterocycles. The van der Waals surface area contributed by atoms with Crippen molar-refractivity contribution >= 4 is 16.6 Å². The van der Waals surface area contributed by atoms with E-state index < -0.39 is 0 Å². The first-order valence-electron chi connectivity index (χ1n) is 6.41. The molecule has 98 valence electrons. The summed E-state index contributed by atoms with van der Waals surface area (Å²) in [5, 5.41) is 13.5. The van der Waals surface area contributed by atoms with Crippen LogP contribution in [0.2, 0.25) is 0 Å². The van der Waals surface area contributed by atoms with Gasteiger partial charge in [-0.2, -0.15) is 5.26 Å². The van der Waals surface area contributed by atoms with E-state index >= 15 is 0 Å². The maximum atomic E-state index is 8.96. The highest BCUT2D eigenvalue weighted by Gasteiger charge is 2.04. The Morgan fingerprint density at radius 3 is 3.00 bits per heavy atom. The molecule has 0 aliphatic heterocycles. The Kier molecular flexibility index (Phi) is 3.10. The zero-order chi connectivity index (χ0) is 13.9. The molecule has 1 aromatic carbocycles. The van der Waals surface area contributed by atoms with Crippen molar-refractivity contribution in [3.8, 4) is 6.07 Å². The molecular formula is C16H14N4. The second-order valence-corrected chi connectivity index (χ2v) is 4.69. The molecule has 0 saturated carbocycles. The largest absolute Gasteiger partial charge is 0.380 e. The van der Waals surface area contributed by atoms with Gasteiger partial charge in [-0.15, -0.1) is 0 Å². The molecule has 0 aliphatic carbocycles. The van der Waals surface area contributed by atoms with Gasteiger partial charge in [0.25, 0.3) is 0 Å². The summed E-state index contributed by atoms with van der Waals surface area (Å²) in [4.78, 5) is 4.34. The highest BCUT2D eigenvalue weighted by atomic mass is 14.9. The van der Waals surface area contributed by atoms with Gasteiger partial charge in [-0.1, -0.05) is 6.07 Å². The van der Waals surface area contributed by atoms with E-state index in [9.17, 15) is 0 Å². The Hall–Kier alpha value is -2.80. The Balaban J connectivity index is 1.85. The lowest BCUT2D eigenvalue weighted by Gasteiger charge is -2.08. The van der Waals surface area contributed by atoms with Crippen LogP contribution in [-0.2, 0) is 13.6 Å². The van der Waals surface area contributed by atoms with Gasteiger partial charge in [0.05, 0.1) is 5.52 Å². The third kappa shape index (κ3) is 2.21. The fraction of sp³-hybridized carbons (Fsp3) is 0.125. The van der Waals surface area contributed by atoms with E-state index in [1.807, 2.05) is 48.1 Å². The van der Waals surface area contributed by atoms with Gasteiger partial charge in [-0.05, 0) is 35.9 Å². The number of anilines is 1. The van der Waals surface area contributed by atoms with Crippen LogP contribution in [0.3, 0.4) is 0 Å².